The molecule has 3 N–H and O–H groups in total. The molecule has 0 saturated heterocycles. The quantitative estimate of drug-likeness (QED) is 0.503. The van der Waals surface area contributed by atoms with Crippen LogP contribution in [0.5, 0.6) is 0 Å². The number of amides is 1. The van der Waals surface area contributed by atoms with Crippen LogP contribution in [0.1, 0.15) is 15.2 Å². The van der Waals surface area contributed by atoms with Gasteiger partial charge in [0.25, 0.3) is 5.91 Å². The van der Waals surface area contributed by atoms with Crippen molar-refractivity contribution in [1.82, 2.24) is 9.97 Å². The SMILES string of the molecule is Cc1cccnc1NC(=O)c1sc2nc(-c3ccc(Cl)cc3)ccc2c1N. The van der Waals surface area contributed by atoms with E-state index in [-0.39, 0.29) is 5.91 Å². The Morgan fingerprint density at radius 2 is 1.93 bits per heavy atom. The first-order valence-corrected chi connectivity index (χ1v) is 9.40. The molecule has 3 heterocycles. The lowest BCUT2D eigenvalue weighted by Crippen LogP contribution is -2.13. The number of aryl methyl sites for hydroxylation is 1. The average Bonchev–Trinajstić information content (AvgIpc) is 3.00. The molecule has 0 saturated carbocycles. The third-order valence-electron chi connectivity index (χ3n) is 4.18. The van der Waals surface area contributed by atoms with Gasteiger partial charge in [0.05, 0.1) is 11.4 Å². The van der Waals surface area contributed by atoms with Crippen molar-refractivity contribution in [3.63, 3.8) is 0 Å². The molecule has 0 aliphatic carbocycles. The molecule has 1 amide bonds. The molecule has 0 aliphatic rings. The predicted molar refractivity (Wildman–Crippen MR) is 111 cm³/mol. The van der Waals surface area contributed by atoms with Gasteiger partial charge < -0.3 is 11.1 Å². The van der Waals surface area contributed by atoms with E-state index >= 15 is 0 Å². The standard InChI is InChI=1S/C20H15ClN4OS/c1-11-3-2-10-23-18(11)25-19(26)17-16(22)14-8-9-15(24-20(14)27-17)12-4-6-13(21)7-5-12/h2-10H,22H2,1H3,(H,23,25,26). The summed E-state index contributed by atoms with van der Waals surface area (Å²) in [5.74, 6) is 0.236. The normalized spacial score (nSPS) is 10.9. The molecule has 4 rings (SSSR count). The van der Waals surface area contributed by atoms with E-state index in [9.17, 15) is 4.79 Å². The van der Waals surface area contributed by atoms with Gasteiger partial charge in [-0.2, -0.15) is 0 Å². The van der Waals surface area contributed by atoms with E-state index < -0.39 is 0 Å². The molecule has 0 radical (unpaired) electrons. The predicted octanol–water partition coefficient (Wildman–Crippen LogP) is 5.15. The van der Waals surface area contributed by atoms with Gasteiger partial charge in [0.1, 0.15) is 15.5 Å². The Bertz CT molecular complexity index is 1150. The zero-order valence-corrected chi connectivity index (χ0v) is 15.9. The second kappa shape index (κ2) is 6.98. The minimum atomic E-state index is -0.287. The van der Waals surface area contributed by atoms with Crippen LogP contribution in [0.3, 0.4) is 0 Å². The van der Waals surface area contributed by atoms with Crippen LogP contribution in [0, 0.1) is 6.92 Å². The molecular formula is C20H15ClN4OS. The molecule has 0 atom stereocenters. The number of hydrogen-bond donors (Lipinski definition) is 2. The van der Waals surface area contributed by atoms with Gasteiger partial charge in [-0.15, -0.1) is 11.3 Å². The van der Waals surface area contributed by atoms with Gasteiger partial charge in [-0.3, -0.25) is 4.79 Å². The van der Waals surface area contributed by atoms with Gasteiger partial charge >= 0.3 is 0 Å². The number of anilines is 2. The Morgan fingerprint density at radius 1 is 1.15 bits per heavy atom. The molecule has 1 aromatic carbocycles. The van der Waals surface area contributed by atoms with E-state index in [2.05, 4.69) is 15.3 Å². The molecule has 0 fully saturated rings. The molecule has 0 spiro atoms. The van der Waals surface area contributed by atoms with E-state index in [1.807, 2.05) is 55.5 Å². The molecule has 0 bridgehead atoms. The molecule has 3 aromatic heterocycles. The topological polar surface area (TPSA) is 80.9 Å². The van der Waals surface area contributed by atoms with Crippen molar-refractivity contribution in [3.8, 4) is 11.3 Å². The number of thiophene rings is 1. The van der Waals surface area contributed by atoms with Crippen molar-refractivity contribution in [1.29, 1.82) is 0 Å². The number of fused-ring (bicyclic) bond motifs is 1. The highest BCUT2D eigenvalue weighted by Gasteiger charge is 2.18. The molecule has 134 valence electrons. The number of benzene rings is 1. The third kappa shape index (κ3) is 3.37. The summed E-state index contributed by atoms with van der Waals surface area (Å²) < 4.78 is 0. The summed E-state index contributed by atoms with van der Waals surface area (Å²) in [6, 6.07) is 14.9. The van der Waals surface area contributed by atoms with Gasteiger partial charge in [0.2, 0.25) is 0 Å². The minimum Gasteiger partial charge on any atom is -0.397 e. The maximum atomic E-state index is 12.7. The maximum Gasteiger partial charge on any atom is 0.269 e. The molecule has 0 unspecified atom stereocenters. The number of nitrogens with two attached hydrogens (primary N) is 1. The molecule has 4 aromatic rings. The van der Waals surface area contributed by atoms with Crippen LogP contribution >= 0.6 is 22.9 Å². The Kier molecular flexibility index (Phi) is 4.51. The number of carbonyl (C=O) groups excluding carboxylic acids is 1. The largest absolute Gasteiger partial charge is 0.397 e. The number of nitrogens with one attached hydrogen (secondary N) is 1. The molecule has 5 nitrogen and oxygen atoms in total. The first-order valence-electron chi connectivity index (χ1n) is 8.21. The summed E-state index contributed by atoms with van der Waals surface area (Å²) in [6.45, 7) is 1.89. The molecule has 0 aliphatic heterocycles. The fraction of sp³-hybridized carbons (Fsp3) is 0.0500. The van der Waals surface area contributed by atoms with Crippen LogP contribution in [0.25, 0.3) is 21.5 Å². The van der Waals surface area contributed by atoms with Crippen LogP contribution in [-0.2, 0) is 0 Å². The second-order valence-electron chi connectivity index (χ2n) is 6.02. The fourth-order valence-corrected chi connectivity index (χ4v) is 3.84. The van der Waals surface area contributed by atoms with Crippen LogP contribution in [0.15, 0.2) is 54.7 Å². The third-order valence-corrected chi connectivity index (χ3v) is 5.55. The number of aromatic nitrogens is 2. The number of rotatable bonds is 3. The summed E-state index contributed by atoms with van der Waals surface area (Å²) in [5.41, 5.74) is 9.27. The van der Waals surface area contributed by atoms with E-state index in [1.54, 1.807) is 6.20 Å². The molecular weight excluding hydrogens is 380 g/mol. The lowest BCUT2D eigenvalue weighted by Gasteiger charge is -2.05. The first kappa shape index (κ1) is 17.5. The van der Waals surface area contributed by atoms with E-state index in [1.165, 1.54) is 11.3 Å². The van der Waals surface area contributed by atoms with Gasteiger partial charge in [0.15, 0.2) is 0 Å². The highest BCUT2D eigenvalue weighted by atomic mass is 35.5. The fourth-order valence-electron chi connectivity index (χ4n) is 2.73. The van der Waals surface area contributed by atoms with E-state index in [4.69, 9.17) is 17.3 Å². The Labute approximate surface area is 164 Å². The van der Waals surface area contributed by atoms with Gasteiger partial charge in [-0.05, 0) is 42.8 Å². The number of nitrogen functional groups attached to an aromatic ring is 1. The van der Waals surface area contributed by atoms with Crippen molar-refractivity contribution < 1.29 is 4.79 Å². The van der Waals surface area contributed by atoms with Crippen LogP contribution in [0.2, 0.25) is 5.02 Å². The van der Waals surface area contributed by atoms with Gasteiger partial charge in [-0.1, -0.05) is 29.8 Å². The smallest absolute Gasteiger partial charge is 0.269 e. The summed E-state index contributed by atoms with van der Waals surface area (Å²) in [7, 11) is 0. The van der Waals surface area contributed by atoms with Gasteiger partial charge in [-0.25, -0.2) is 9.97 Å². The highest BCUT2D eigenvalue weighted by Crippen LogP contribution is 2.34. The Balaban J connectivity index is 1.70. The molecule has 7 heteroatoms. The lowest BCUT2D eigenvalue weighted by molar-refractivity contribution is 0.103. The summed E-state index contributed by atoms with van der Waals surface area (Å²) in [5, 5.41) is 4.25. The van der Waals surface area contributed by atoms with E-state index in [0.29, 0.717) is 26.2 Å². The first-order chi connectivity index (χ1) is 13.0. The Morgan fingerprint density at radius 3 is 2.67 bits per heavy atom. The van der Waals surface area contributed by atoms with Crippen molar-refractivity contribution >= 4 is 50.6 Å². The summed E-state index contributed by atoms with van der Waals surface area (Å²) in [4.78, 5) is 22.7. The second-order valence-corrected chi connectivity index (χ2v) is 7.46. The number of pyridine rings is 2. The zero-order valence-electron chi connectivity index (χ0n) is 14.4. The lowest BCUT2D eigenvalue weighted by atomic mass is 10.1. The number of nitrogens with zero attached hydrogens (tertiary/aromatic N) is 2. The van der Waals surface area contributed by atoms with Crippen molar-refractivity contribution in [3.05, 3.63) is 70.2 Å². The minimum absolute atomic E-state index is 0.287. The maximum absolute atomic E-state index is 12.7. The zero-order chi connectivity index (χ0) is 19.0. The number of hydrogen-bond acceptors (Lipinski definition) is 5. The van der Waals surface area contributed by atoms with Crippen LogP contribution in [-0.4, -0.2) is 15.9 Å². The van der Waals surface area contributed by atoms with E-state index in [0.717, 1.165) is 22.2 Å². The summed E-state index contributed by atoms with van der Waals surface area (Å²) >= 11 is 7.21. The van der Waals surface area contributed by atoms with Crippen molar-refractivity contribution in [2.75, 3.05) is 11.1 Å². The number of halogens is 1. The number of carbonyl (C=O) groups is 1. The van der Waals surface area contributed by atoms with Crippen molar-refractivity contribution in [2.45, 2.75) is 6.92 Å². The average molecular weight is 395 g/mol. The summed E-state index contributed by atoms with van der Waals surface area (Å²) in [6.07, 6.45) is 1.64. The monoisotopic (exact) mass is 394 g/mol. The van der Waals surface area contributed by atoms with Crippen LogP contribution < -0.4 is 11.1 Å². The van der Waals surface area contributed by atoms with Crippen molar-refractivity contribution in [2.24, 2.45) is 0 Å². The highest BCUT2D eigenvalue weighted by molar-refractivity contribution is 7.21. The van der Waals surface area contributed by atoms with Crippen LogP contribution in [0.4, 0.5) is 11.5 Å². The van der Waals surface area contributed by atoms with Gasteiger partial charge in [0, 0.05) is 22.2 Å². The Hall–Kier alpha value is -2.96. The molecule has 27 heavy (non-hydrogen) atoms.